The third-order valence-electron chi connectivity index (χ3n) is 1.88. The average Bonchev–Trinajstić information content (AvgIpc) is 2.69. The molecule has 0 N–H and O–H groups in total. The van der Waals surface area contributed by atoms with Crippen molar-refractivity contribution >= 4 is 10.2 Å². The number of aromatic nitrogens is 2. The van der Waals surface area contributed by atoms with Crippen molar-refractivity contribution < 1.29 is 12.3 Å². The zero-order valence-corrected chi connectivity index (χ0v) is 8.36. The molecule has 2 rings (SSSR count). The van der Waals surface area contributed by atoms with Gasteiger partial charge in [-0.1, -0.05) is 12.1 Å². The van der Waals surface area contributed by atoms with E-state index in [0.717, 1.165) is 0 Å². The van der Waals surface area contributed by atoms with Crippen LogP contribution in [0.5, 0.6) is 0 Å². The van der Waals surface area contributed by atoms with E-state index >= 15 is 0 Å². The molecule has 78 valence electrons. The van der Waals surface area contributed by atoms with Gasteiger partial charge in [0.05, 0.1) is 5.69 Å². The minimum atomic E-state index is -4.72. The Morgan fingerprint density at radius 2 is 1.93 bits per heavy atom. The van der Waals surface area contributed by atoms with Crippen molar-refractivity contribution in [3.63, 3.8) is 0 Å². The fraction of sp³-hybridized carbons (Fsp3) is 0. The van der Waals surface area contributed by atoms with Crippen LogP contribution in [0.2, 0.25) is 0 Å². The molecule has 0 saturated heterocycles. The van der Waals surface area contributed by atoms with E-state index in [1.165, 1.54) is 29.1 Å². The van der Waals surface area contributed by atoms with Crippen molar-refractivity contribution in [2.24, 2.45) is 0 Å². The Labute approximate surface area is 86.2 Å². The zero-order chi connectivity index (χ0) is 10.9. The molecule has 0 amide bonds. The number of rotatable bonds is 2. The first-order valence-electron chi connectivity index (χ1n) is 4.13. The summed E-state index contributed by atoms with van der Waals surface area (Å²) in [6, 6.07) is 7.39. The maximum Gasteiger partial charge on any atom is 0.334 e. The summed E-state index contributed by atoms with van der Waals surface area (Å²) in [6.07, 6.45) is 3.03. The maximum atomic E-state index is 12.9. The fourth-order valence-electron chi connectivity index (χ4n) is 1.26. The molecule has 4 nitrogen and oxygen atoms in total. The highest BCUT2D eigenvalue weighted by Gasteiger charge is 2.17. The molecule has 1 aromatic carbocycles. The third-order valence-corrected chi connectivity index (χ3v) is 2.75. The molecule has 0 fully saturated rings. The lowest BCUT2D eigenvalue weighted by Crippen LogP contribution is -2.02. The van der Waals surface area contributed by atoms with Crippen molar-refractivity contribution in [2.45, 2.75) is 4.90 Å². The van der Waals surface area contributed by atoms with Gasteiger partial charge >= 0.3 is 10.2 Å². The zero-order valence-electron chi connectivity index (χ0n) is 7.54. The van der Waals surface area contributed by atoms with Crippen LogP contribution in [0, 0.1) is 0 Å². The Bertz CT molecular complexity index is 564. The molecule has 0 radical (unpaired) electrons. The number of hydrogen-bond acceptors (Lipinski definition) is 3. The molecular weight excluding hydrogens is 219 g/mol. The molecule has 1 heterocycles. The normalized spacial score (nSPS) is 11.5. The molecule has 0 bridgehead atoms. The van der Waals surface area contributed by atoms with E-state index in [9.17, 15) is 12.3 Å². The lowest BCUT2D eigenvalue weighted by atomic mass is 10.3. The SMILES string of the molecule is O=S(=O)(F)c1ccccc1-n1cccn1. The van der Waals surface area contributed by atoms with Crippen molar-refractivity contribution in [1.82, 2.24) is 9.78 Å². The van der Waals surface area contributed by atoms with E-state index in [2.05, 4.69) is 5.10 Å². The van der Waals surface area contributed by atoms with Crippen LogP contribution in [-0.4, -0.2) is 18.2 Å². The van der Waals surface area contributed by atoms with Gasteiger partial charge in [0.2, 0.25) is 0 Å². The van der Waals surface area contributed by atoms with E-state index < -0.39 is 10.2 Å². The third kappa shape index (κ3) is 1.89. The first-order chi connectivity index (χ1) is 7.09. The van der Waals surface area contributed by atoms with Crippen LogP contribution in [0.15, 0.2) is 47.6 Å². The van der Waals surface area contributed by atoms with Crippen LogP contribution in [0.4, 0.5) is 3.89 Å². The van der Waals surface area contributed by atoms with E-state index in [1.54, 1.807) is 18.3 Å². The summed E-state index contributed by atoms with van der Waals surface area (Å²) in [4.78, 5) is -0.381. The van der Waals surface area contributed by atoms with Crippen LogP contribution in [-0.2, 0) is 10.2 Å². The Morgan fingerprint density at radius 1 is 1.20 bits per heavy atom. The minimum absolute atomic E-state index is 0.199. The first kappa shape index (κ1) is 9.85. The smallest absolute Gasteiger partial charge is 0.240 e. The second-order valence-electron chi connectivity index (χ2n) is 2.86. The van der Waals surface area contributed by atoms with Crippen LogP contribution < -0.4 is 0 Å². The lowest BCUT2D eigenvalue weighted by Gasteiger charge is -2.04. The highest BCUT2D eigenvalue weighted by molar-refractivity contribution is 7.86. The van der Waals surface area contributed by atoms with E-state index in [-0.39, 0.29) is 10.6 Å². The predicted octanol–water partition coefficient (Wildman–Crippen LogP) is 1.53. The van der Waals surface area contributed by atoms with Gasteiger partial charge in [-0.2, -0.15) is 13.5 Å². The quantitative estimate of drug-likeness (QED) is 0.730. The number of benzene rings is 1. The minimum Gasteiger partial charge on any atom is -0.240 e. The summed E-state index contributed by atoms with van der Waals surface area (Å²) in [5.41, 5.74) is 0.199. The summed E-state index contributed by atoms with van der Waals surface area (Å²) in [6.45, 7) is 0. The van der Waals surface area contributed by atoms with Crippen molar-refractivity contribution in [2.75, 3.05) is 0 Å². The summed E-state index contributed by atoms with van der Waals surface area (Å²) in [5.74, 6) is 0. The molecule has 1 aromatic heterocycles. The topological polar surface area (TPSA) is 52.0 Å². The average molecular weight is 226 g/mol. The Kier molecular flexibility index (Phi) is 2.28. The molecule has 0 aliphatic rings. The first-order valence-corrected chi connectivity index (χ1v) is 5.51. The summed E-state index contributed by atoms with van der Waals surface area (Å²) >= 11 is 0. The molecule has 0 aliphatic heterocycles. The van der Waals surface area contributed by atoms with Crippen molar-refractivity contribution in [3.8, 4) is 5.69 Å². The second-order valence-corrected chi connectivity index (χ2v) is 4.17. The largest absolute Gasteiger partial charge is 0.334 e. The van der Waals surface area contributed by atoms with Crippen LogP contribution in [0.1, 0.15) is 0 Å². The molecule has 15 heavy (non-hydrogen) atoms. The molecule has 0 atom stereocenters. The number of hydrogen-bond donors (Lipinski definition) is 0. The standard InChI is InChI=1S/C9H7FN2O2S/c10-15(13,14)9-5-2-1-4-8(9)12-7-3-6-11-12/h1-7H. The van der Waals surface area contributed by atoms with Gasteiger partial charge in [0.1, 0.15) is 4.90 Å². The molecule has 0 aliphatic carbocycles. The Morgan fingerprint density at radius 3 is 2.53 bits per heavy atom. The van der Waals surface area contributed by atoms with Gasteiger partial charge in [0.25, 0.3) is 0 Å². The van der Waals surface area contributed by atoms with Gasteiger partial charge in [-0.15, -0.1) is 3.89 Å². The molecule has 0 spiro atoms. The summed E-state index contributed by atoms with van der Waals surface area (Å²) in [7, 11) is -4.72. The van der Waals surface area contributed by atoms with Gasteiger partial charge in [0.15, 0.2) is 0 Å². The van der Waals surface area contributed by atoms with Crippen molar-refractivity contribution in [1.29, 1.82) is 0 Å². The number of halogens is 1. The van der Waals surface area contributed by atoms with Gasteiger partial charge in [-0.05, 0) is 18.2 Å². The van der Waals surface area contributed by atoms with Gasteiger partial charge in [-0.25, -0.2) is 4.68 Å². The van der Waals surface area contributed by atoms with Crippen LogP contribution in [0.25, 0.3) is 5.69 Å². The van der Waals surface area contributed by atoms with Gasteiger partial charge < -0.3 is 0 Å². The highest BCUT2D eigenvalue weighted by atomic mass is 32.3. The van der Waals surface area contributed by atoms with Crippen LogP contribution >= 0.6 is 0 Å². The molecule has 2 aromatic rings. The van der Waals surface area contributed by atoms with E-state index in [4.69, 9.17) is 0 Å². The molecule has 0 saturated carbocycles. The van der Waals surface area contributed by atoms with E-state index in [0.29, 0.717) is 0 Å². The number of para-hydroxylation sites is 1. The second kappa shape index (κ2) is 3.47. The maximum absolute atomic E-state index is 12.9. The van der Waals surface area contributed by atoms with Crippen molar-refractivity contribution in [3.05, 3.63) is 42.7 Å². The number of nitrogens with zero attached hydrogens (tertiary/aromatic N) is 2. The fourth-order valence-corrected chi connectivity index (χ4v) is 1.92. The lowest BCUT2D eigenvalue weighted by molar-refractivity contribution is 0.551. The summed E-state index contributed by atoms with van der Waals surface area (Å²) < 4.78 is 35.9. The summed E-state index contributed by atoms with van der Waals surface area (Å²) in [5, 5.41) is 3.85. The monoisotopic (exact) mass is 226 g/mol. The Hall–Kier alpha value is -1.69. The van der Waals surface area contributed by atoms with Gasteiger partial charge in [-0.3, -0.25) is 0 Å². The Balaban J connectivity index is 2.68. The molecule has 6 heteroatoms. The highest BCUT2D eigenvalue weighted by Crippen LogP contribution is 2.20. The van der Waals surface area contributed by atoms with E-state index in [1.807, 2.05) is 0 Å². The van der Waals surface area contributed by atoms with Gasteiger partial charge in [0, 0.05) is 12.4 Å². The van der Waals surface area contributed by atoms with Crippen LogP contribution in [0.3, 0.4) is 0 Å². The molecular formula is C9H7FN2O2S. The predicted molar refractivity (Wildman–Crippen MR) is 51.9 cm³/mol. The molecule has 0 unspecified atom stereocenters.